The molecule has 1 unspecified atom stereocenters. The maximum atomic E-state index is 9.40. The van der Waals surface area contributed by atoms with Crippen LogP contribution in [0.1, 0.15) is 0 Å². The van der Waals surface area contributed by atoms with E-state index in [0.29, 0.717) is 0 Å². The van der Waals surface area contributed by atoms with Gasteiger partial charge in [0.15, 0.2) is 7.00 Å². The van der Waals surface area contributed by atoms with Crippen LogP contribution < -0.4 is 0 Å². The molecule has 0 amide bonds. The molecule has 1 radical (unpaired) electrons. The van der Waals surface area contributed by atoms with Crippen molar-refractivity contribution < 1.29 is 14.9 Å². The molecule has 0 aliphatic carbocycles. The van der Waals surface area contributed by atoms with Crippen molar-refractivity contribution in [2.45, 2.75) is 24.3 Å². The fourth-order valence-electron chi connectivity index (χ4n) is 1.20. The molecule has 2 N–H and O–H groups in total. The highest BCUT2D eigenvalue weighted by molar-refractivity contribution is 7.56. The summed E-state index contributed by atoms with van der Waals surface area (Å²) in [5, 5.41) is 22.0. The van der Waals surface area contributed by atoms with Crippen LogP contribution in [0, 0.1) is 0 Å². The minimum Gasteiger partial charge on any atom is -0.388 e. The monoisotopic (exact) mass is 202 g/mol. The molecule has 0 aromatic heterocycles. The number of hydrogen-bond acceptors (Lipinski definition) is 4. The first-order valence-corrected chi connectivity index (χ1v) is 4.45. The molecule has 1 rings (SSSR count). The van der Waals surface area contributed by atoms with E-state index in [1.807, 2.05) is 0 Å². The van der Waals surface area contributed by atoms with Crippen LogP contribution in [-0.2, 0) is 4.74 Å². The fourth-order valence-corrected chi connectivity index (χ4v) is 1.52. The van der Waals surface area contributed by atoms with Gasteiger partial charge in [0.1, 0.15) is 12.2 Å². The third-order valence-corrected chi connectivity index (χ3v) is 2.29. The molecule has 13 heavy (non-hydrogen) atoms. The molecule has 1 saturated heterocycles. The van der Waals surface area contributed by atoms with Gasteiger partial charge in [-0.1, -0.05) is 5.11 Å². The standard InChI is InChI=1S/C5H10BN3O3P/c7-9-8-1-2-3(10)4(11)5(6-13)12-2/h2-5,10-11H,1,13H2/t2-,3-,4-,5-/m1/s1. The Morgan fingerprint density at radius 3 is 2.69 bits per heavy atom. The van der Waals surface area contributed by atoms with Gasteiger partial charge in [-0.3, -0.25) is 0 Å². The third kappa shape index (κ3) is 2.33. The Morgan fingerprint density at radius 2 is 2.23 bits per heavy atom. The van der Waals surface area contributed by atoms with Gasteiger partial charge in [-0.2, -0.15) is 9.12 Å². The molecular formula is C5H10BN3O3P. The van der Waals surface area contributed by atoms with Crippen molar-refractivity contribution >= 4 is 16.1 Å². The zero-order valence-electron chi connectivity index (χ0n) is 6.82. The Balaban J connectivity index is 2.54. The molecule has 1 aliphatic heterocycles. The van der Waals surface area contributed by atoms with E-state index in [-0.39, 0.29) is 6.54 Å². The Hall–Kier alpha value is -0.315. The van der Waals surface area contributed by atoms with E-state index in [2.05, 4.69) is 19.1 Å². The molecule has 6 nitrogen and oxygen atoms in total. The molecule has 1 fully saturated rings. The first kappa shape index (κ1) is 10.8. The van der Waals surface area contributed by atoms with Gasteiger partial charge in [0.25, 0.3) is 0 Å². The lowest BCUT2D eigenvalue weighted by molar-refractivity contribution is 0.0273. The molecule has 0 aromatic carbocycles. The van der Waals surface area contributed by atoms with E-state index in [0.717, 1.165) is 0 Å². The summed E-state index contributed by atoms with van der Waals surface area (Å²) < 4.78 is 5.20. The molecule has 1 aliphatic rings. The molecule has 8 heteroatoms. The Labute approximate surface area is 78.3 Å². The molecule has 0 saturated carbocycles. The van der Waals surface area contributed by atoms with Crippen LogP contribution in [0.5, 0.6) is 0 Å². The Bertz CT molecular complexity index is 225. The lowest BCUT2D eigenvalue weighted by Crippen LogP contribution is -2.34. The summed E-state index contributed by atoms with van der Waals surface area (Å²) in [7, 11) is 2.30. The Kier molecular flexibility index (Phi) is 3.97. The number of hydrogen-bond donors (Lipinski definition) is 2. The minimum absolute atomic E-state index is 0.0315. The molecule has 71 valence electrons. The van der Waals surface area contributed by atoms with Crippen LogP contribution in [0.4, 0.5) is 0 Å². The van der Waals surface area contributed by atoms with Gasteiger partial charge < -0.3 is 14.9 Å². The first-order chi connectivity index (χ1) is 6.20. The third-order valence-electron chi connectivity index (χ3n) is 1.91. The molecule has 5 atom stereocenters. The largest absolute Gasteiger partial charge is 0.388 e. The van der Waals surface area contributed by atoms with E-state index in [9.17, 15) is 10.2 Å². The average Bonchev–Trinajstić information content (AvgIpc) is 2.41. The quantitative estimate of drug-likeness (QED) is 0.207. The number of rotatable bonds is 3. The number of aliphatic hydroxyl groups excluding tert-OH is 2. The molecule has 0 bridgehead atoms. The van der Waals surface area contributed by atoms with Gasteiger partial charge in [-0.15, -0.1) is 0 Å². The predicted molar refractivity (Wildman–Crippen MR) is 50.2 cm³/mol. The molecule has 0 aromatic rings. The summed E-state index contributed by atoms with van der Waals surface area (Å²) in [6.45, 7) is 1.60. The van der Waals surface area contributed by atoms with E-state index >= 15 is 0 Å². The van der Waals surface area contributed by atoms with Crippen molar-refractivity contribution in [3.05, 3.63) is 10.4 Å². The van der Waals surface area contributed by atoms with Crippen molar-refractivity contribution in [2.75, 3.05) is 6.54 Å². The second kappa shape index (κ2) is 4.79. The van der Waals surface area contributed by atoms with Crippen molar-refractivity contribution in [3.8, 4) is 0 Å². The highest BCUT2D eigenvalue weighted by Crippen LogP contribution is 2.21. The van der Waals surface area contributed by atoms with Crippen LogP contribution in [0.25, 0.3) is 10.4 Å². The summed E-state index contributed by atoms with van der Waals surface area (Å²) in [4.78, 5) is 2.55. The summed E-state index contributed by atoms with van der Waals surface area (Å²) in [5.41, 5.74) is 8.05. The zero-order chi connectivity index (χ0) is 9.84. The summed E-state index contributed by atoms with van der Waals surface area (Å²) in [6.07, 6.45) is -2.56. The van der Waals surface area contributed by atoms with E-state index < -0.39 is 24.3 Å². The number of nitrogens with zero attached hydrogens (tertiary/aromatic N) is 3. The van der Waals surface area contributed by atoms with Crippen LogP contribution in [0.2, 0.25) is 0 Å². The number of azide groups is 1. The van der Waals surface area contributed by atoms with Gasteiger partial charge in [-0.05, 0) is 5.53 Å². The van der Waals surface area contributed by atoms with E-state index in [1.165, 1.54) is 0 Å². The topological polar surface area (TPSA) is 98.5 Å². The number of aliphatic hydroxyl groups is 2. The van der Waals surface area contributed by atoms with Gasteiger partial charge in [0.05, 0.1) is 18.7 Å². The normalized spacial score (nSPS) is 38.4. The molecular weight excluding hydrogens is 192 g/mol. The summed E-state index contributed by atoms with van der Waals surface area (Å²) >= 11 is 0. The summed E-state index contributed by atoms with van der Waals surface area (Å²) in [6, 6.07) is -0.515. The number of ether oxygens (including phenoxy) is 1. The zero-order valence-corrected chi connectivity index (χ0v) is 7.97. The van der Waals surface area contributed by atoms with Crippen LogP contribution in [-0.4, -0.2) is 48.1 Å². The maximum absolute atomic E-state index is 9.40. The Morgan fingerprint density at radius 1 is 1.54 bits per heavy atom. The average molecular weight is 202 g/mol. The van der Waals surface area contributed by atoms with Gasteiger partial charge in [0, 0.05) is 4.91 Å². The molecule has 0 spiro atoms. The second-order valence-corrected chi connectivity index (χ2v) is 3.11. The van der Waals surface area contributed by atoms with Crippen molar-refractivity contribution in [2.24, 2.45) is 5.11 Å². The molecule has 1 heterocycles. The fraction of sp³-hybridized carbons (Fsp3) is 1.00. The highest BCUT2D eigenvalue weighted by Gasteiger charge is 2.41. The van der Waals surface area contributed by atoms with Gasteiger partial charge in [-0.25, -0.2) is 0 Å². The lowest BCUT2D eigenvalue weighted by Gasteiger charge is -2.11. The maximum Gasteiger partial charge on any atom is 0.180 e. The SMILES string of the molecule is [N-]=[N+]=NC[C@H]1O[C@@H]([B]P)[C@H](O)[C@@H]1O. The van der Waals surface area contributed by atoms with E-state index in [1.54, 1.807) is 7.00 Å². The summed E-state index contributed by atoms with van der Waals surface area (Å²) in [5.74, 6) is 0. The van der Waals surface area contributed by atoms with Crippen molar-refractivity contribution in [1.82, 2.24) is 0 Å². The van der Waals surface area contributed by atoms with E-state index in [4.69, 9.17) is 10.3 Å². The van der Waals surface area contributed by atoms with Crippen molar-refractivity contribution in [1.29, 1.82) is 0 Å². The smallest absolute Gasteiger partial charge is 0.180 e. The van der Waals surface area contributed by atoms with Gasteiger partial charge in [0.2, 0.25) is 0 Å². The van der Waals surface area contributed by atoms with Crippen molar-refractivity contribution in [3.63, 3.8) is 0 Å². The highest BCUT2D eigenvalue weighted by atomic mass is 31.0. The van der Waals surface area contributed by atoms with Crippen LogP contribution in [0.3, 0.4) is 0 Å². The van der Waals surface area contributed by atoms with Crippen LogP contribution >= 0.6 is 9.12 Å². The predicted octanol–water partition coefficient (Wildman–Crippen LogP) is -0.762. The van der Waals surface area contributed by atoms with Crippen LogP contribution in [0.15, 0.2) is 5.11 Å². The van der Waals surface area contributed by atoms with Gasteiger partial charge >= 0.3 is 0 Å². The first-order valence-electron chi connectivity index (χ1n) is 3.78. The lowest BCUT2D eigenvalue weighted by atomic mass is 9.91. The second-order valence-electron chi connectivity index (χ2n) is 2.73. The minimum atomic E-state index is -0.993.